The number of hydrogen-bond acceptors (Lipinski definition) is 3. The minimum atomic E-state index is -0.719. The summed E-state index contributed by atoms with van der Waals surface area (Å²) in [5.74, 6) is -0.0231. The number of carboxylic acid groups (broad SMARTS) is 1. The molecular formula is C12H23NO3. The Labute approximate surface area is 97.3 Å². The van der Waals surface area contributed by atoms with Crippen LogP contribution in [0.5, 0.6) is 0 Å². The van der Waals surface area contributed by atoms with E-state index >= 15 is 0 Å². The first-order chi connectivity index (χ1) is 7.58. The number of piperidine rings is 1. The molecule has 0 radical (unpaired) electrons. The van der Waals surface area contributed by atoms with Crippen molar-refractivity contribution in [3.8, 4) is 0 Å². The zero-order valence-electron chi connectivity index (χ0n) is 10.2. The molecule has 16 heavy (non-hydrogen) atoms. The van der Waals surface area contributed by atoms with Crippen molar-refractivity contribution in [1.82, 2.24) is 4.90 Å². The third-order valence-corrected chi connectivity index (χ3v) is 3.54. The molecule has 1 fully saturated rings. The fraction of sp³-hybridized carbons (Fsp3) is 0.917. The van der Waals surface area contributed by atoms with Crippen LogP contribution in [0.15, 0.2) is 0 Å². The van der Waals surface area contributed by atoms with Crippen LogP contribution in [0.3, 0.4) is 0 Å². The van der Waals surface area contributed by atoms with Gasteiger partial charge in [-0.15, -0.1) is 0 Å². The Morgan fingerprint density at radius 1 is 1.56 bits per heavy atom. The number of aliphatic hydroxyl groups is 1. The summed E-state index contributed by atoms with van der Waals surface area (Å²) in [6.45, 7) is 5.73. The fourth-order valence-corrected chi connectivity index (χ4v) is 2.39. The molecule has 0 spiro atoms. The summed E-state index contributed by atoms with van der Waals surface area (Å²) in [6.07, 6.45) is 2.90. The van der Waals surface area contributed by atoms with E-state index in [1.54, 1.807) is 0 Å². The van der Waals surface area contributed by atoms with Gasteiger partial charge in [-0.25, -0.2) is 0 Å². The van der Waals surface area contributed by atoms with E-state index in [0.717, 1.165) is 25.8 Å². The number of nitrogens with zero attached hydrogens (tertiary/aromatic N) is 1. The van der Waals surface area contributed by atoms with Crippen molar-refractivity contribution >= 4 is 5.97 Å². The van der Waals surface area contributed by atoms with Crippen LogP contribution in [0.25, 0.3) is 0 Å². The highest BCUT2D eigenvalue weighted by Gasteiger charge is 2.32. The third-order valence-electron chi connectivity index (χ3n) is 3.54. The SMILES string of the molecule is CCC1CCN(CC(C)CO)C(C(=O)O)C1. The molecule has 0 amide bonds. The van der Waals surface area contributed by atoms with Gasteiger partial charge in [0, 0.05) is 13.2 Å². The topological polar surface area (TPSA) is 60.8 Å². The van der Waals surface area contributed by atoms with Crippen LogP contribution in [0.2, 0.25) is 0 Å². The predicted molar refractivity (Wildman–Crippen MR) is 62.3 cm³/mol. The highest BCUT2D eigenvalue weighted by molar-refractivity contribution is 5.73. The van der Waals surface area contributed by atoms with Crippen LogP contribution >= 0.6 is 0 Å². The van der Waals surface area contributed by atoms with Crippen molar-refractivity contribution < 1.29 is 15.0 Å². The molecule has 1 rings (SSSR count). The quantitative estimate of drug-likeness (QED) is 0.743. The van der Waals surface area contributed by atoms with E-state index < -0.39 is 5.97 Å². The second-order valence-corrected chi connectivity index (χ2v) is 4.94. The first-order valence-corrected chi connectivity index (χ1v) is 6.16. The molecule has 0 aromatic rings. The number of rotatable bonds is 5. The molecule has 94 valence electrons. The van der Waals surface area contributed by atoms with Gasteiger partial charge in [0.2, 0.25) is 0 Å². The monoisotopic (exact) mass is 229 g/mol. The zero-order valence-corrected chi connectivity index (χ0v) is 10.2. The van der Waals surface area contributed by atoms with E-state index in [1.165, 1.54) is 0 Å². The third kappa shape index (κ3) is 3.46. The molecule has 4 nitrogen and oxygen atoms in total. The molecule has 0 aliphatic carbocycles. The average molecular weight is 229 g/mol. The van der Waals surface area contributed by atoms with Gasteiger partial charge in [0.15, 0.2) is 0 Å². The van der Waals surface area contributed by atoms with Gasteiger partial charge < -0.3 is 10.2 Å². The standard InChI is InChI=1S/C12H23NO3/c1-3-10-4-5-13(7-9(2)8-14)11(6-10)12(15)16/h9-11,14H,3-8H2,1-2H3,(H,15,16). The van der Waals surface area contributed by atoms with Gasteiger partial charge in [-0.05, 0) is 31.2 Å². The molecule has 1 aliphatic heterocycles. The number of aliphatic carboxylic acids is 1. The van der Waals surface area contributed by atoms with Crippen LogP contribution < -0.4 is 0 Å². The van der Waals surface area contributed by atoms with E-state index in [2.05, 4.69) is 6.92 Å². The molecule has 4 heteroatoms. The minimum absolute atomic E-state index is 0.125. The van der Waals surface area contributed by atoms with E-state index in [9.17, 15) is 9.90 Å². The first-order valence-electron chi connectivity index (χ1n) is 6.16. The highest BCUT2D eigenvalue weighted by atomic mass is 16.4. The Morgan fingerprint density at radius 3 is 2.75 bits per heavy atom. The van der Waals surface area contributed by atoms with Gasteiger partial charge >= 0.3 is 5.97 Å². The zero-order chi connectivity index (χ0) is 12.1. The molecule has 3 unspecified atom stereocenters. The smallest absolute Gasteiger partial charge is 0.320 e. The summed E-state index contributed by atoms with van der Waals surface area (Å²) < 4.78 is 0. The second kappa shape index (κ2) is 6.21. The number of likely N-dealkylation sites (tertiary alicyclic amines) is 1. The predicted octanol–water partition coefficient (Wildman–Crippen LogP) is 1.19. The van der Waals surface area contributed by atoms with Gasteiger partial charge in [0.1, 0.15) is 6.04 Å². The molecule has 0 aromatic heterocycles. The van der Waals surface area contributed by atoms with E-state index in [-0.39, 0.29) is 18.6 Å². The summed E-state index contributed by atoms with van der Waals surface area (Å²) >= 11 is 0. The Hall–Kier alpha value is -0.610. The van der Waals surface area contributed by atoms with E-state index in [0.29, 0.717) is 12.5 Å². The minimum Gasteiger partial charge on any atom is -0.480 e. The Morgan fingerprint density at radius 2 is 2.25 bits per heavy atom. The van der Waals surface area contributed by atoms with Gasteiger partial charge in [-0.1, -0.05) is 20.3 Å². The normalized spacial score (nSPS) is 28.9. The summed E-state index contributed by atoms with van der Waals surface area (Å²) in [7, 11) is 0. The maximum atomic E-state index is 11.2. The lowest BCUT2D eigenvalue weighted by molar-refractivity contribution is -0.145. The van der Waals surface area contributed by atoms with Crippen molar-refractivity contribution in [3.05, 3.63) is 0 Å². The summed E-state index contributed by atoms with van der Waals surface area (Å²) in [6, 6.07) is -0.354. The van der Waals surface area contributed by atoms with Crippen LogP contribution in [-0.4, -0.2) is 46.8 Å². The Bertz CT molecular complexity index is 232. The maximum absolute atomic E-state index is 11.2. The van der Waals surface area contributed by atoms with Crippen molar-refractivity contribution in [1.29, 1.82) is 0 Å². The lowest BCUT2D eigenvalue weighted by atomic mass is 9.88. The Kier molecular flexibility index (Phi) is 5.22. The van der Waals surface area contributed by atoms with E-state index in [4.69, 9.17) is 5.11 Å². The first kappa shape index (κ1) is 13.5. The van der Waals surface area contributed by atoms with Gasteiger partial charge in [-0.3, -0.25) is 9.69 Å². The van der Waals surface area contributed by atoms with Crippen molar-refractivity contribution in [2.75, 3.05) is 19.7 Å². The lowest BCUT2D eigenvalue weighted by Gasteiger charge is -2.38. The van der Waals surface area contributed by atoms with Gasteiger partial charge in [-0.2, -0.15) is 0 Å². The van der Waals surface area contributed by atoms with Crippen molar-refractivity contribution in [2.24, 2.45) is 11.8 Å². The molecule has 2 N–H and O–H groups in total. The highest BCUT2D eigenvalue weighted by Crippen LogP contribution is 2.26. The largest absolute Gasteiger partial charge is 0.480 e. The number of aliphatic hydroxyl groups excluding tert-OH is 1. The van der Waals surface area contributed by atoms with Gasteiger partial charge in [0.25, 0.3) is 0 Å². The molecule has 0 aromatic carbocycles. The van der Waals surface area contributed by atoms with Crippen LogP contribution in [0, 0.1) is 11.8 Å². The van der Waals surface area contributed by atoms with Crippen LogP contribution in [-0.2, 0) is 4.79 Å². The van der Waals surface area contributed by atoms with Crippen molar-refractivity contribution in [3.63, 3.8) is 0 Å². The molecule has 1 saturated heterocycles. The second-order valence-electron chi connectivity index (χ2n) is 4.94. The summed E-state index contributed by atoms with van der Waals surface area (Å²) in [5.41, 5.74) is 0. The number of carbonyl (C=O) groups is 1. The maximum Gasteiger partial charge on any atom is 0.320 e. The summed E-state index contributed by atoms with van der Waals surface area (Å²) in [5, 5.41) is 18.2. The molecule has 0 saturated carbocycles. The van der Waals surface area contributed by atoms with Crippen LogP contribution in [0.4, 0.5) is 0 Å². The number of carboxylic acids is 1. The average Bonchev–Trinajstić information content (AvgIpc) is 2.29. The summed E-state index contributed by atoms with van der Waals surface area (Å²) in [4.78, 5) is 13.2. The van der Waals surface area contributed by atoms with Crippen LogP contribution in [0.1, 0.15) is 33.1 Å². The molecule has 3 atom stereocenters. The van der Waals surface area contributed by atoms with Gasteiger partial charge in [0.05, 0.1) is 0 Å². The molecule has 1 aliphatic rings. The molecule has 0 bridgehead atoms. The van der Waals surface area contributed by atoms with Crippen molar-refractivity contribution in [2.45, 2.75) is 39.2 Å². The Balaban J connectivity index is 2.58. The number of hydrogen-bond donors (Lipinski definition) is 2. The fourth-order valence-electron chi connectivity index (χ4n) is 2.39. The van der Waals surface area contributed by atoms with E-state index in [1.807, 2.05) is 11.8 Å². The molecule has 1 heterocycles. The molecular weight excluding hydrogens is 206 g/mol. The lowest BCUT2D eigenvalue weighted by Crippen LogP contribution is -2.48.